The van der Waals surface area contributed by atoms with Gasteiger partial charge in [0, 0.05) is 19.4 Å². The van der Waals surface area contributed by atoms with E-state index in [-0.39, 0.29) is 50.6 Å². The molecule has 3 atom stereocenters. The Hall–Kier alpha value is -2.76. The maximum Gasteiger partial charge on any atom is 0.303 e. The van der Waals surface area contributed by atoms with Crippen molar-refractivity contribution in [1.29, 1.82) is 0 Å². The molecule has 0 spiro atoms. The molecule has 11 nitrogen and oxygen atoms in total. The van der Waals surface area contributed by atoms with Gasteiger partial charge in [0.15, 0.2) is 0 Å². The molecule has 0 aliphatic heterocycles. The zero-order valence-corrected chi connectivity index (χ0v) is 24.7. The van der Waals surface area contributed by atoms with Crippen LogP contribution in [0.25, 0.3) is 0 Å². The summed E-state index contributed by atoms with van der Waals surface area (Å²) in [5.74, 6) is -2.10. The summed E-state index contributed by atoms with van der Waals surface area (Å²) in [5, 5.41) is 29.9. The average Bonchev–Trinajstić information content (AvgIpc) is 2.92. The first-order valence-electron chi connectivity index (χ1n) is 14.6. The van der Waals surface area contributed by atoms with Gasteiger partial charge in [-0.3, -0.25) is 19.2 Å². The van der Waals surface area contributed by atoms with Crippen LogP contribution in [0.5, 0.6) is 0 Å². The lowest BCUT2D eigenvalue weighted by Gasteiger charge is -2.23. The van der Waals surface area contributed by atoms with E-state index in [1.807, 2.05) is 32.1 Å². The molecule has 0 bridgehead atoms. The third-order valence-electron chi connectivity index (χ3n) is 6.47. The SMILES string of the molecule is C/C=C\C/C(=C\C)C[C@@H](NC(=O)C(N)CCNCCCCCC)C(=O)NCC[C@H](CO)NC(=O)CCCC(=O)O. The Morgan fingerprint density at radius 1 is 0.900 bits per heavy atom. The number of carboxylic acids is 1. The molecule has 0 saturated carbocycles. The van der Waals surface area contributed by atoms with Crippen LogP contribution in [-0.4, -0.2) is 78.3 Å². The Balaban J connectivity index is 4.93. The average molecular weight is 568 g/mol. The number of carbonyl (C=O) groups excluding carboxylic acids is 3. The van der Waals surface area contributed by atoms with E-state index in [1.165, 1.54) is 19.3 Å². The molecule has 40 heavy (non-hydrogen) atoms. The van der Waals surface area contributed by atoms with Gasteiger partial charge in [-0.25, -0.2) is 0 Å². The molecule has 0 fully saturated rings. The largest absolute Gasteiger partial charge is 0.481 e. The summed E-state index contributed by atoms with van der Waals surface area (Å²) >= 11 is 0. The predicted octanol–water partition coefficient (Wildman–Crippen LogP) is 1.90. The van der Waals surface area contributed by atoms with E-state index in [0.29, 0.717) is 25.8 Å². The minimum atomic E-state index is -0.974. The Morgan fingerprint density at radius 2 is 1.65 bits per heavy atom. The minimum absolute atomic E-state index is 0.0379. The molecule has 0 aliphatic carbocycles. The molecule has 8 N–H and O–H groups in total. The van der Waals surface area contributed by atoms with Crippen LogP contribution in [0.2, 0.25) is 0 Å². The molecule has 0 radical (unpaired) electrons. The monoisotopic (exact) mass is 567 g/mol. The van der Waals surface area contributed by atoms with Crippen molar-refractivity contribution in [2.75, 3.05) is 26.2 Å². The van der Waals surface area contributed by atoms with Crippen molar-refractivity contribution in [2.45, 2.75) is 110 Å². The van der Waals surface area contributed by atoms with Gasteiger partial charge in [-0.05, 0) is 65.5 Å². The van der Waals surface area contributed by atoms with Gasteiger partial charge in [-0.1, -0.05) is 50.0 Å². The van der Waals surface area contributed by atoms with E-state index in [2.05, 4.69) is 28.2 Å². The van der Waals surface area contributed by atoms with Crippen LogP contribution in [0, 0.1) is 0 Å². The van der Waals surface area contributed by atoms with Gasteiger partial charge in [0.05, 0.1) is 18.7 Å². The second-order valence-electron chi connectivity index (χ2n) is 9.97. The van der Waals surface area contributed by atoms with Crippen molar-refractivity contribution in [2.24, 2.45) is 5.73 Å². The highest BCUT2D eigenvalue weighted by Crippen LogP contribution is 2.12. The number of nitrogens with one attached hydrogen (secondary N) is 4. The predicted molar refractivity (Wildman–Crippen MR) is 157 cm³/mol. The first kappa shape index (κ1) is 37.2. The van der Waals surface area contributed by atoms with E-state index in [9.17, 15) is 24.3 Å². The number of hydrogen-bond acceptors (Lipinski definition) is 7. The number of rotatable bonds is 24. The normalized spacial score (nSPS) is 14.0. The second-order valence-corrected chi connectivity index (χ2v) is 9.97. The first-order chi connectivity index (χ1) is 19.2. The Labute approximate surface area is 239 Å². The van der Waals surface area contributed by atoms with Crippen molar-refractivity contribution in [1.82, 2.24) is 21.3 Å². The molecule has 0 heterocycles. The molecule has 0 saturated heterocycles. The molecule has 1 unspecified atom stereocenters. The fraction of sp³-hybridized carbons (Fsp3) is 0.724. The van der Waals surface area contributed by atoms with E-state index < -0.39 is 30.0 Å². The molecule has 0 aromatic carbocycles. The van der Waals surface area contributed by atoms with Gasteiger partial charge < -0.3 is 37.2 Å². The molecular formula is C29H53N5O6. The molecule has 11 heteroatoms. The van der Waals surface area contributed by atoms with Crippen LogP contribution in [0.4, 0.5) is 0 Å². The molecule has 0 aromatic rings. The minimum Gasteiger partial charge on any atom is -0.481 e. The third kappa shape index (κ3) is 19.3. The number of unbranched alkanes of at least 4 members (excludes halogenated alkanes) is 3. The van der Waals surface area contributed by atoms with Gasteiger partial charge in [0.1, 0.15) is 6.04 Å². The standard InChI is InChI=1S/C29H53N5O6/c1-4-7-9-10-17-31-18-16-24(30)28(39)34-25(20-22(6-3)12-8-5-2)29(40)32-19-15-23(21-35)33-26(36)13-11-14-27(37)38/h5-6,8,23-25,31,35H,4,7,9-21,30H2,1-3H3,(H,32,40)(H,33,36)(H,34,39)(H,37,38)/b8-5-,22-6+/t23-,24?,25-/m1/s1. The number of aliphatic hydroxyl groups is 1. The van der Waals surface area contributed by atoms with Crippen LogP contribution in [-0.2, 0) is 19.2 Å². The summed E-state index contributed by atoms with van der Waals surface area (Å²) in [6, 6.07) is -2.16. The summed E-state index contributed by atoms with van der Waals surface area (Å²) in [4.78, 5) is 48.5. The van der Waals surface area contributed by atoms with Gasteiger partial charge >= 0.3 is 5.97 Å². The van der Waals surface area contributed by atoms with Crippen molar-refractivity contribution in [3.05, 3.63) is 23.8 Å². The highest BCUT2D eigenvalue weighted by atomic mass is 16.4. The number of nitrogens with two attached hydrogens (primary N) is 1. The second kappa shape index (κ2) is 24.1. The quantitative estimate of drug-likeness (QED) is 0.0681. The zero-order chi connectivity index (χ0) is 30.2. The van der Waals surface area contributed by atoms with Crippen LogP contribution in [0.15, 0.2) is 23.8 Å². The van der Waals surface area contributed by atoms with E-state index in [1.54, 1.807) is 0 Å². The van der Waals surface area contributed by atoms with Gasteiger partial charge in [0.2, 0.25) is 17.7 Å². The number of amides is 3. The number of carboxylic acid groups (broad SMARTS) is 1. The van der Waals surface area contributed by atoms with Crippen LogP contribution >= 0.6 is 0 Å². The summed E-state index contributed by atoms with van der Waals surface area (Å²) in [7, 11) is 0. The van der Waals surface area contributed by atoms with Crippen molar-refractivity contribution in [3.8, 4) is 0 Å². The van der Waals surface area contributed by atoms with Crippen LogP contribution in [0.1, 0.15) is 91.4 Å². The highest BCUT2D eigenvalue weighted by Gasteiger charge is 2.24. The Bertz CT molecular complexity index is 802. The van der Waals surface area contributed by atoms with E-state index >= 15 is 0 Å². The maximum absolute atomic E-state index is 13.1. The molecular weight excluding hydrogens is 514 g/mol. The lowest BCUT2D eigenvalue weighted by molar-refractivity contribution is -0.137. The molecule has 0 aromatic heterocycles. The number of hydrogen-bond donors (Lipinski definition) is 7. The van der Waals surface area contributed by atoms with Crippen molar-refractivity contribution < 1.29 is 29.4 Å². The fourth-order valence-electron chi connectivity index (χ4n) is 3.93. The Kier molecular flexibility index (Phi) is 22.4. The lowest BCUT2D eigenvalue weighted by Crippen LogP contribution is -2.52. The van der Waals surface area contributed by atoms with E-state index in [0.717, 1.165) is 18.5 Å². The summed E-state index contributed by atoms with van der Waals surface area (Å²) < 4.78 is 0. The molecule has 230 valence electrons. The van der Waals surface area contributed by atoms with Crippen LogP contribution in [0.3, 0.4) is 0 Å². The number of carbonyl (C=O) groups is 4. The molecule has 0 aliphatic rings. The van der Waals surface area contributed by atoms with Gasteiger partial charge in [-0.15, -0.1) is 0 Å². The number of allylic oxidation sites excluding steroid dienone is 3. The molecule has 3 amide bonds. The zero-order valence-electron chi connectivity index (χ0n) is 24.7. The van der Waals surface area contributed by atoms with Crippen LogP contribution < -0.4 is 27.0 Å². The maximum atomic E-state index is 13.1. The van der Waals surface area contributed by atoms with Crippen molar-refractivity contribution >= 4 is 23.7 Å². The fourth-order valence-corrected chi connectivity index (χ4v) is 3.93. The summed E-state index contributed by atoms with van der Waals surface area (Å²) in [5.41, 5.74) is 7.11. The first-order valence-corrected chi connectivity index (χ1v) is 14.6. The lowest BCUT2D eigenvalue weighted by atomic mass is 10.0. The Morgan fingerprint density at radius 3 is 2.27 bits per heavy atom. The smallest absolute Gasteiger partial charge is 0.303 e. The van der Waals surface area contributed by atoms with Gasteiger partial charge in [0.25, 0.3) is 0 Å². The van der Waals surface area contributed by atoms with Gasteiger partial charge in [-0.2, -0.15) is 0 Å². The number of aliphatic hydroxyl groups excluding tert-OH is 1. The highest BCUT2D eigenvalue weighted by molar-refractivity contribution is 5.89. The van der Waals surface area contributed by atoms with Crippen molar-refractivity contribution in [3.63, 3.8) is 0 Å². The topological polar surface area (TPSA) is 183 Å². The summed E-state index contributed by atoms with van der Waals surface area (Å²) in [6.45, 7) is 7.31. The van der Waals surface area contributed by atoms with E-state index in [4.69, 9.17) is 10.8 Å². The third-order valence-corrected chi connectivity index (χ3v) is 6.47. The molecule has 0 rings (SSSR count). The number of aliphatic carboxylic acids is 1. The summed E-state index contributed by atoms with van der Waals surface area (Å²) in [6.07, 6.45) is 12.3.